The SMILES string of the molecule is Cn1c(N2CCCC(C(=O)c3cc(F)c(F)c(F)c3)C2)nc(-c2ccncc2)cc1=O. The molecule has 0 amide bonds. The lowest BCUT2D eigenvalue weighted by Gasteiger charge is -2.33. The number of carbonyl (C=O) groups excluding carboxylic acids is 1. The van der Waals surface area contributed by atoms with Gasteiger partial charge in [-0.15, -0.1) is 0 Å². The van der Waals surface area contributed by atoms with Gasteiger partial charge in [-0.3, -0.25) is 19.1 Å². The molecule has 31 heavy (non-hydrogen) atoms. The van der Waals surface area contributed by atoms with Gasteiger partial charge >= 0.3 is 0 Å². The molecule has 0 aliphatic carbocycles. The third-order valence-corrected chi connectivity index (χ3v) is 5.43. The maximum atomic E-state index is 13.6. The van der Waals surface area contributed by atoms with E-state index in [4.69, 9.17) is 0 Å². The Hall–Kier alpha value is -3.49. The number of nitrogens with zero attached hydrogens (tertiary/aromatic N) is 4. The number of aromatic nitrogens is 3. The van der Waals surface area contributed by atoms with Gasteiger partial charge in [-0.25, -0.2) is 18.2 Å². The Morgan fingerprint density at radius 2 is 1.77 bits per heavy atom. The third-order valence-electron chi connectivity index (χ3n) is 5.43. The Morgan fingerprint density at radius 3 is 2.45 bits per heavy atom. The lowest BCUT2D eigenvalue weighted by atomic mass is 9.90. The molecule has 0 saturated carbocycles. The van der Waals surface area contributed by atoms with E-state index in [0.29, 0.717) is 31.0 Å². The summed E-state index contributed by atoms with van der Waals surface area (Å²) in [6.07, 6.45) is 4.33. The van der Waals surface area contributed by atoms with Gasteiger partial charge in [0.05, 0.1) is 5.69 Å². The van der Waals surface area contributed by atoms with Crippen LogP contribution in [0.15, 0.2) is 47.5 Å². The number of anilines is 1. The van der Waals surface area contributed by atoms with Gasteiger partial charge in [0, 0.05) is 55.6 Å². The number of hydrogen-bond donors (Lipinski definition) is 0. The van der Waals surface area contributed by atoms with Crippen molar-refractivity contribution in [3.05, 3.63) is 76.1 Å². The Bertz CT molecular complexity index is 1170. The number of pyridine rings is 1. The van der Waals surface area contributed by atoms with Gasteiger partial charge in [0.15, 0.2) is 23.2 Å². The van der Waals surface area contributed by atoms with Gasteiger partial charge in [0.2, 0.25) is 5.95 Å². The van der Waals surface area contributed by atoms with Crippen molar-refractivity contribution in [1.29, 1.82) is 0 Å². The zero-order chi connectivity index (χ0) is 22.1. The molecule has 1 fully saturated rings. The number of piperidine rings is 1. The van der Waals surface area contributed by atoms with E-state index >= 15 is 0 Å². The van der Waals surface area contributed by atoms with Crippen molar-refractivity contribution >= 4 is 11.7 Å². The standard InChI is InChI=1S/C22H19F3N4O2/c1-28-19(30)11-18(13-4-6-26-7-5-13)27-22(28)29-8-2-3-14(12-29)21(31)15-9-16(23)20(25)17(24)10-15/h4-7,9-11,14H,2-3,8,12H2,1H3. The van der Waals surface area contributed by atoms with Crippen molar-refractivity contribution in [1.82, 2.24) is 14.5 Å². The van der Waals surface area contributed by atoms with E-state index in [0.717, 1.165) is 17.7 Å². The van der Waals surface area contributed by atoms with Crippen LogP contribution in [0.4, 0.5) is 19.1 Å². The quantitative estimate of drug-likeness (QED) is 0.471. The summed E-state index contributed by atoms with van der Waals surface area (Å²) in [4.78, 5) is 35.8. The fourth-order valence-electron chi connectivity index (χ4n) is 3.79. The maximum absolute atomic E-state index is 13.6. The first-order valence-corrected chi connectivity index (χ1v) is 9.77. The Morgan fingerprint density at radius 1 is 1.10 bits per heavy atom. The van der Waals surface area contributed by atoms with Crippen LogP contribution in [-0.4, -0.2) is 33.4 Å². The third kappa shape index (κ3) is 4.08. The molecule has 1 atom stereocenters. The summed E-state index contributed by atoms with van der Waals surface area (Å²) in [5, 5.41) is 0. The summed E-state index contributed by atoms with van der Waals surface area (Å²) in [7, 11) is 1.59. The average molecular weight is 428 g/mol. The van der Waals surface area contributed by atoms with Crippen molar-refractivity contribution in [3.63, 3.8) is 0 Å². The molecule has 1 unspecified atom stereocenters. The summed E-state index contributed by atoms with van der Waals surface area (Å²) in [5.74, 6) is -5.05. The zero-order valence-electron chi connectivity index (χ0n) is 16.7. The molecule has 1 aliphatic heterocycles. The van der Waals surface area contributed by atoms with Crippen LogP contribution in [0.2, 0.25) is 0 Å². The van der Waals surface area contributed by atoms with Crippen LogP contribution in [0.25, 0.3) is 11.3 Å². The first-order valence-electron chi connectivity index (χ1n) is 9.77. The van der Waals surface area contributed by atoms with Crippen molar-refractivity contribution < 1.29 is 18.0 Å². The number of halogens is 3. The van der Waals surface area contributed by atoms with Crippen molar-refractivity contribution in [2.24, 2.45) is 13.0 Å². The normalized spacial score (nSPS) is 16.4. The zero-order valence-corrected chi connectivity index (χ0v) is 16.7. The van der Waals surface area contributed by atoms with Gasteiger partial charge in [0.25, 0.3) is 5.56 Å². The fourth-order valence-corrected chi connectivity index (χ4v) is 3.79. The molecule has 1 aliphatic rings. The van der Waals surface area contributed by atoms with E-state index in [-0.39, 0.29) is 17.7 Å². The maximum Gasteiger partial charge on any atom is 0.255 e. The highest BCUT2D eigenvalue weighted by Crippen LogP contribution is 2.26. The minimum absolute atomic E-state index is 0.212. The van der Waals surface area contributed by atoms with Crippen LogP contribution in [-0.2, 0) is 7.05 Å². The van der Waals surface area contributed by atoms with Gasteiger partial charge < -0.3 is 4.90 Å². The Balaban J connectivity index is 1.64. The summed E-state index contributed by atoms with van der Waals surface area (Å²) in [5.41, 5.74) is 0.746. The van der Waals surface area contributed by atoms with Gasteiger partial charge in [0.1, 0.15) is 0 Å². The van der Waals surface area contributed by atoms with Crippen LogP contribution < -0.4 is 10.5 Å². The number of benzene rings is 1. The smallest absolute Gasteiger partial charge is 0.255 e. The van der Waals surface area contributed by atoms with E-state index in [9.17, 15) is 22.8 Å². The highest BCUT2D eigenvalue weighted by molar-refractivity contribution is 5.98. The summed E-state index contributed by atoms with van der Waals surface area (Å²) in [6.45, 7) is 0.787. The molecule has 2 aromatic heterocycles. The minimum atomic E-state index is -1.60. The molecule has 0 N–H and O–H groups in total. The summed E-state index contributed by atoms with van der Waals surface area (Å²) >= 11 is 0. The molecule has 0 radical (unpaired) electrons. The molecule has 6 nitrogen and oxygen atoms in total. The lowest BCUT2D eigenvalue weighted by molar-refractivity contribution is 0.0905. The highest BCUT2D eigenvalue weighted by atomic mass is 19.2. The summed E-state index contributed by atoms with van der Waals surface area (Å²) < 4.78 is 41.8. The lowest BCUT2D eigenvalue weighted by Crippen LogP contribution is -2.42. The Kier molecular flexibility index (Phi) is 5.58. The number of hydrogen-bond acceptors (Lipinski definition) is 5. The predicted molar refractivity (Wildman–Crippen MR) is 108 cm³/mol. The highest BCUT2D eigenvalue weighted by Gasteiger charge is 2.30. The van der Waals surface area contributed by atoms with Crippen molar-refractivity contribution in [2.75, 3.05) is 18.0 Å². The molecule has 0 spiro atoms. The van der Waals surface area contributed by atoms with Gasteiger partial charge in [-0.05, 0) is 37.1 Å². The van der Waals surface area contributed by atoms with Gasteiger partial charge in [-0.2, -0.15) is 0 Å². The van der Waals surface area contributed by atoms with Gasteiger partial charge in [-0.1, -0.05) is 0 Å². The second-order valence-electron chi connectivity index (χ2n) is 7.48. The molecular formula is C22H19F3N4O2. The topological polar surface area (TPSA) is 68.1 Å². The number of carbonyl (C=O) groups is 1. The Labute approximate surface area is 176 Å². The van der Waals surface area contributed by atoms with Crippen molar-refractivity contribution in [3.8, 4) is 11.3 Å². The number of Topliss-reactive ketones (excluding diaryl/α,β-unsaturated/α-hetero) is 1. The monoisotopic (exact) mass is 428 g/mol. The van der Waals surface area contributed by atoms with Crippen LogP contribution in [0.5, 0.6) is 0 Å². The summed E-state index contributed by atoms with van der Waals surface area (Å²) in [6, 6.07) is 6.35. The second kappa shape index (κ2) is 8.33. The van der Waals surface area contributed by atoms with Crippen LogP contribution >= 0.6 is 0 Å². The van der Waals surface area contributed by atoms with Crippen LogP contribution in [0.3, 0.4) is 0 Å². The molecule has 9 heteroatoms. The second-order valence-corrected chi connectivity index (χ2v) is 7.48. The van der Waals surface area contributed by atoms with E-state index in [1.54, 1.807) is 31.6 Å². The molecule has 1 aromatic carbocycles. The molecular weight excluding hydrogens is 409 g/mol. The van der Waals surface area contributed by atoms with E-state index < -0.39 is 29.2 Å². The van der Waals surface area contributed by atoms with E-state index in [2.05, 4.69) is 9.97 Å². The predicted octanol–water partition coefficient (Wildman–Crippen LogP) is 3.36. The first-order chi connectivity index (χ1) is 14.8. The number of rotatable bonds is 4. The van der Waals surface area contributed by atoms with Crippen LogP contribution in [0.1, 0.15) is 23.2 Å². The molecule has 1 saturated heterocycles. The van der Waals surface area contributed by atoms with Crippen molar-refractivity contribution in [2.45, 2.75) is 12.8 Å². The molecule has 4 rings (SSSR count). The van der Waals surface area contributed by atoms with Crippen LogP contribution in [0, 0.1) is 23.4 Å². The number of ketones is 1. The minimum Gasteiger partial charge on any atom is -0.341 e. The molecule has 160 valence electrons. The fraction of sp³-hybridized carbons (Fsp3) is 0.273. The van der Waals surface area contributed by atoms with E-state index in [1.807, 2.05) is 4.90 Å². The van der Waals surface area contributed by atoms with E-state index in [1.165, 1.54) is 10.6 Å². The molecule has 0 bridgehead atoms. The first kappa shape index (κ1) is 20.8. The largest absolute Gasteiger partial charge is 0.341 e. The average Bonchev–Trinajstić information content (AvgIpc) is 2.79. The molecule has 3 aromatic rings. The molecule has 3 heterocycles.